The third-order valence-corrected chi connectivity index (χ3v) is 5.31. The van der Waals surface area contributed by atoms with Crippen molar-refractivity contribution in [3.05, 3.63) is 106 Å². The standard InChI is InChI=1S/C25H12F4N4O/c26-15-5-7-17(19(28)9-15)21-11-22(34)33-24(14-3-1-13(12-30)2-4-14)23(32-25(33)31-21)18-8-6-16(27)10-20(18)29/h1-11H,(H,31,32). The summed E-state index contributed by atoms with van der Waals surface area (Å²) in [5.41, 5.74) is 0.340. The van der Waals surface area contributed by atoms with Crippen molar-refractivity contribution < 1.29 is 17.6 Å². The first-order chi connectivity index (χ1) is 16.4. The largest absolute Gasteiger partial charge is 0.324 e. The number of nitrogens with zero attached hydrogens (tertiary/aromatic N) is 3. The minimum Gasteiger partial charge on any atom is -0.324 e. The maximum absolute atomic E-state index is 14.7. The zero-order valence-corrected chi connectivity index (χ0v) is 17.1. The van der Waals surface area contributed by atoms with Crippen molar-refractivity contribution >= 4 is 5.78 Å². The van der Waals surface area contributed by atoms with Crippen molar-refractivity contribution in [1.82, 2.24) is 14.4 Å². The lowest BCUT2D eigenvalue weighted by molar-refractivity contribution is 0.584. The average Bonchev–Trinajstić information content (AvgIpc) is 3.19. The molecule has 0 aliphatic rings. The Morgan fingerprint density at radius 2 is 1.44 bits per heavy atom. The van der Waals surface area contributed by atoms with E-state index in [9.17, 15) is 22.4 Å². The molecular weight excluding hydrogens is 448 g/mol. The first kappa shape index (κ1) is 21.2. The van der Waals surface area contributed by atoms with Crippen LogP contribution < -0.4 is 5.56 Å². The Balaban J connectivity index is 1.83. The Hall–Kier alpha value is -4.71. The highest BCUT2D eigenvalue weighted by molar-refractivity contribution is 5.82. The molecule has 0 unspecified atom stereocenters. The van der Waals surface area contributed by atoms with Crippen LogP contribution in [0.4, 0.5) is 17.6 Å². The topological polar surface area (TPSA) is 73.9 Å². The fourth-order valence-electron chi connectivity index (χ4n) is 3.75. The van der Waals surface area contributed by atoms with Crippen LogP contribution in [0.2, 0.25) is 0 Å². The van der Waals surface area contributed by atoms with Crippen LogP contribution in [0.15, 0.2) is 71.5 Å². The number of nitrogens with one attached hydrogen (secondary N) is 1. The first-order valence-electron chi connectivity index (χ1n) is 9.93. The van der Waals surface area contributed by atoms with Gasteiger partial charge < -0.3 is 4.98 Å². The van der Waals surface area contributed by atoms with Crippen LogP contribution in [0.1, 0.15) is 5.56 Å². The van der Waals surface area contributed by atoms with Crippen LogP contribution in [0.3, 0.4) is 0 Å². The van der Waals surface area contributed by atoms with Crippen molar-refractivity contribution in [2.45, 2.75) is 0 Å². The van der Waals surface area contributed by atoms with Gasteiger partial charge in [0.15, 0.2) is 0 Å². The number of halogens is 4. The van der Waals surface area contributed by atoms with Crippen LogP contribution in [0.25, 0.3) is 39.5 Å². The van der Waals surface area contributed by atoms with Gasteiger partial charge in [0.2, 0.25) is 5.78 Å². The number of hydrogen-bond donors (Lipinski definition) is 1. The van der Waals surface area contributed by atoms with Crippen LogP contribution >= 0.6 is 0 Å². The van der Waals surface area contributed by atoms with E-state index in [0.29, 0.717) is 23.3 Å². The Kier molecular flexibility index (Phi) is 4.98. The summed E-state index contributed by atoms with van der Waals surface area (Å²) in [7, 11) is 0. The van der Waals surface area contributed by atoms with Gasteiger partial charge in [0.1, 0.15) is 29.0 Å². The van der Waals surface area contributed by atoms with Crippen molar-refractivity contribution in [3.63, 3.8) is 0 Å². The van der Waals surface area contributed by atoms with Gasteiger partial charge in [0.25, 0.3) is 5.56 Å². The van der Waals surface area contributed by atoms with Gasteiger partial charge in [-0.15, -0.1) is 0 Å². The summed E-state index contributed by atoms with van der Waals surface area (Å²) in [6, 6.07) is 15.2. The van der Waals surface area contributed by atoms with Gasteiger partial charge >= 0.3 is 0 Å². The van der Waals surface area contributed by atoms with E-state index in [4.69, 9.17) is 5.26 Å². The molecule has 34 heavy (non-hydrogen) atoms. The second-order valence-corrected chi connectivity index (χ2v) is 7.43. The van der Waals surface area contributed by atoms with E-state index in [-0.39, 0.29) is 34.0 Å². The highest BCUT2D eigenvalue weighted by Crippen LogP contribution is 2.34. The van der Waals surface area contributed by atoms with Crippen LogP contribution in [0, 0.1) is 34.6 Å². The number of hydrogen-bond acceptors (Lipinski definition) is 3. The van der Waals surface area contributed by atoms with E-state index in [2.05, 4.69) is 9.97 Å². The Labute approximate surface area is 189 Å². The second kappa shape index (κ2) is 8.01. The smallest absolute Gasteiger partial charge is 0.260 e. The summed E-state index contributed by atoms with van der Waals surface area (Å²) in [5.74, 6) is -3.37. The second-order valence-electron chi connectivity index (χ2n) is 7.43. The molecule has 0 aliphatic heterocycles. The first-order valence-corrected chi connectivity index (χ1v) is 9.93. The molecule has 5 rings (SSSR count). The molecule has 0 spiro atoms. The summed E-state index contributed by atoms with van der Waals surface area (Å²) in [6.07, 6.45) is 0. The van der Waals surface area contributed by atoms with Gasteiger partial charge in [-0.25, -0.2) is 26.9 Å². The molecule has 0 fully saturated rings. The van der Waals surface area contributed by atoms with Crippen molar-refractivity contribution in [3.8, 4) is 39.8 Å². The highest BCUT2D eigenvalue weighted by Gasteiger charge is 2.22. The number of fused-ring (bicyclic) bond motifs is 1. The number of imidazole rings is 1. The van der Waals surface area contributed by atoms with Gasteiger partial charge in [-0.1, -0.05) is 12.1 Å². The van der Waals surface area contributed by atoms with E-state index in [1.807, 2.05) is 6.07 Å². The molecule has 0 radical (unpaired) electrons. The average molecular weight is 460 g/mol. The van der Waals surface area contributed by atoms with Crippen molar-refractivity contribution in [2.24, 2.45) is 0 Å². The zero-order valence-electron chi connectivity index (χ0n) is 17.1. The normalized spacial score (nSPS) is 11.0. The summed E-state index contributed by atoms with van der Waals surface area (Å²) < 4.78 is 57.1. The van der Waals surface area contributed by atoms with E-state index >= 15 is 0 Å². The maximum Gasteiger partial charge on any atom is 0.260 e. The van der Waals surface area contributed by atoms with E-state index in [1.54, 1.807) is 12.1 Å². The summed E-state index contributed by atoms with van der Waals surface area (Å²) >= 11 is 0. The quantitative estimate of drug-likeness (QED) is 0.364. The molecule has 9 heteroatoms. The molecule has 3 aromatic carbocycles. The molecule has 5 nitrogen and oxygen atoms in total. The highest BCUT2D eigenvalue weighted by atomic mass is 19.1. The van der Waals surface area contributed by atoms with E-state index in [0.717, 1.165) is 18.2 Å². The molecule has 0 bridgehead atoms. The summed E-state index contributed by atoms with van der Waals surface area (Å²) in [4.78, 5) is 20.4. The lowest BCUT2D eigenvalue weighted by atomic mass is 10.0. The fraction of sp³-hybridized carbons (Fsp3) is 0. The SMILES string of the molecule is N#Cc1ccc(-c2c(-c3ccc(F)cc3F)nc3[nH]c(-c4ccc(F)cc4F)cc(=O)n23)cc1. The Morgan fingerprint density at radius 3 is 2.03 bits per heavy atom. The van der Waals surface area contributed by atoms with E-state index < -0.39 is 28.8 Å². The molecule has 0 aliphatic carbocycles. The fourth-order valence-corrected chi connectivity index (χ4v) is 3.75. The van der Waals surface area contributed by atoms with Crippen LogP contribution in [-0.4, -0.2) is 14.4 Å². The van der Waals surface area contributed by atoms with Gasteiger partial charge in [-0.05, 0) is 36.4 Å². The lowest BCUT2D eigenvalue weighted by Gasteiger charge is -2.08. The minimum atomic E-state index is -0.893. The van der Waals surface area contributed by atoms with Gasteiger partial charge in [0.05, 0.1) is 23.0 Å². The molecule has 2 heterocycles. The number of H-pyrrole nitrogens is 1. The lowest BCUT2D eigenvalue weighted by Crippen LogP contribution is -2.14. The van der Waals surface area contributed by atoms with Crippen LogP contribution in [-0.2, 0) is 0 Å². The third-order valence-electron chi connectivity index (χ3n) is 5.31. The monoisotopic (exact) mass is 460 g/mol. The molecular formula is C25H12F4N4O. The number of aromatic amines is 1. The number of aromatic nitrogens is 3. The van der Waals surface area contributed by atoms with Crippen molar-refractivity contribution in [1.29, 1.82) is 5.26 Å². The third kappa shape index (κ3) is 3.51. The minimum absolute atomic E-state index is 0.0345. The Morgan fingerprint density at radius 1 is 0.824 bits per heavy atom. The molecule has 166 valence electrons. The number of rotatable bonds is 3. The van der Waals surface area contributed by atoms with Crippen molar-refractivity contribution in [2.75, 3.05) is 0 Å². The molecule has 5 aromatic rings. The Bertz CT molecular complexity index is 1680. The molecule has 1 N–H and O–H groups in total. The maximum atomic E-state index is 14.7. The predicted molar refractivity (Wildman–Crippen MR) is 117 cm³/mol. The molecule has 0 atom stereocenters. The van der Waals surface area contributed by atoms with Gasteiger partial charge in [0, 0.05) is 34.9 Å². The zero-order chi connectivity index (χ0) is 24.0. The van der Waals surface area contributed by atoms with Crippen LogP contribution in [0.5, 0.6) is 0 Å². The number of benzene rings is 3. The molecule has 0 amide bonds. The molecule has 2 aromatic heterocycles. The number of nitriles is 1. The van der Waals surface area contributed by atoms with Gasteiger partial charge in [-0.3, -0.25) is 4.79 Å². The van der Waals surface area contributed by atoms with E-state index in [1.165, 1.54) is 28.7 Å². The predicted octanol–water partition coefficient (Wildman–Crippen LogP) is 5.45. The molecule has 0 saturated carbocycles. The van der Waals surface area contributed by atoms with Gasteiger partial charge in [-0.2, -0.15) is 5.26 Å². The molecule has 0 saturated heterocycles. The summed E-state index contributed by atoms with van der Waals surface area (Å²) in [6.45, 7) is 0. The summed E-state index contributed by atoms with van der Waals surface area (Å²) in [5, 5.41) is 9.09.